The number of likely N-dealkylation sites (tertiary alicyclic amines) is 1. The summed E-state index contributed by atoms with van der Waals surface area (Å²) in [5.41, 5.74) is -0.0242. The third-order valence-corrected chi connectivity index (χ3v) is 7.75. The molecule has 0 radical (unpaired) electrons. The number of amides is 1. The van der Waals surface area contributed by atoms with E-state index in [0.717, 1.165) is 31.7 Å². The molecular formula is C26H34N4O4. The first-order valence-corrected chi connectivity index (χ1v) is 12.4. The summed E-state index contributed by atoms with van der Waals surface area (Å²) in [6, 6.07) is 11.6. The fourth-order valence-corrected chi connectivity index (χ4v) is 5.51. The third-order valence-electron chi connectivity index (χ3n) is 7.75. The van der Waals surface area contributed by atoms with Crippen molar-refractivity contribution in [2.45, 2.75) is 56.8 Å². The van der Waals surface area contributed by atoms with Crippen LogP contribution in [0, 0.1) is 5.92 Å². The number of aromatic nitrogens is 2. The van der Waals surface area contributed by atoms with E-state index in [1.807, 2.05) is 35.2 Å². The number of aliphatic hydroxyl groups is 1. The fourth-order valence-electron chi connectivity index (χ4n) is 5.51. The van der Waals surface area contributed by atoms with Gasteiger partial charge < -0.3 is 19.6 Å². The SMILES string of the molecule is C[C@H](CC(=O)N1CCC(O)(Cn2cnc(N3CC4CCOC4C3)cc2=O)CC1)c1ccccc1. The molecule has 8 nitrogen and oxygen atoms in total. The smallest absolute Gasteiger partial charge is 0.255 e. The van der Waals surface area contributed by atoms with Crippen molar-refractivity contribution in [3.8, 4) is 0 Å². The molecule has 3 aliphatic rings. The lowest BCUT2D eigenvalue weighted by atomic mass is 9.90. The maximum Gasteiger partial charge on any atom is 0.255 e. The Morgan fingerprint density at radius 2 is 2.00 bits per heavy atom. The minimum absolute atomic E-state index is 0.112. The van der Waals surface area contributed by atoms with E-state index in [4.69, 9.17) is 4.74 Å². The van der Waals surface area contributed by atoms with Crippen LogP contribution in [0.2, 0.25) is 0 Å². The summed E-state index contributed by atoms with van der Waals surface area (Å²) in [5.74, 6) is 1.47. The van der Waals surface area contributed by atoms with Crippen molar-refractivity contribution in [1.29, 1.82) is 0 Å². The second kappa shape index (κ2) is 9.50. The van der Waals surface area contributed by atoms with Crippen molar-refractivity contribution in [2.24, 2.45) is 5.92 Å². The van der Waals surface area contributed by atoms with E-state index in [9.17, 15) is 14.7 Å². The molecule has 4 heterocycles. The van der Waals surface area contributed by atoms with E-state index in [2.05, 4.69) is 16.8 Å². The quantitative estimate of drug-likeness (QED) is 0.701. The molecule has 1 aromatic heterocycles. The van der Waals surface area contributed by atoms with E-state index < -0.39 is 5.60 Å². The topological polar surface area (TPSA) is 87.9 Å². The molecule has 1 N–H and O–H groups in total. The van der Waals surface area contributed by atoms with Gasteiger partial charge in [-0.2, -0.15) is 0 Å². The first-order valence-electron chi connectivity index (χ1n) is 12.4. The van der Waals surface area contributed by atoms with Crippen molar-refractivity contribution >= 4 is 11.7 Å². The number of ether oxygens (including phenoxy) is 1. The maximum absolute atomic E-state index is 12.8. The van der Waals surface area contributed by atoms with Gasteiger partial charge in [0.15, 0.2) is 0 Å². The highest BCUT2D eigenvalue weighted by Gasteiger charge is 2.38. The van der Waals surface area contributed by atoms with E-state index in [1.165, 1.54) is 4.57 Å². The number of benzene rings is 1. The summed E-state index contributed by atoms with van der Waals surface area (Å²) in [4.78, 5) is 34.0. The number of hydrogen-bond donors (Lipinski definition) is 1. The lowest BCUT2D eigenvalue weighted by Gasteiger charge is -2.38. The van der Waals surface area contributed by atoms with Gasteiger partial charge in [-0.05, 0) is 30.7 Å². The number of fused-ring (bicyclic) bond motifs is 1. The van der Waals surface area contributed by atoms with Crippen LogP contribution in [-0.4, -0.2) is 70.0 Å². The van der Waals surface area contributed by atoms with Crippen LogP contribution in [0.5, 0.6) is 0 Å². The zero-order chi connectivity index (χ0) is 23.7. The van der Waals surface area contributed by atoms with Gasteiger partial charge >= 0.3 is 0 Å². The van der Waals surface area contributed by atoms with Crippen LogP contribution in [0.25, 0.3) is 0 Å². The van der Waals surface area contributed by atoms with Gasteiger partial charge in [0.1, 0.15) is 5.82 Å². The predicted molar refractivity (Wildman–Crippen MR) is 129 cm³/mol. The van der Waals surface area contributed by atoms with E-state index in [1.54, 1.807) is 12.4 Å². The lowest BCUT2D eigenvalue weighted by Crippen LogP contribution is -2.49. The van der Waals surface area contributed by atoms with E-state index >= 15 is 0 Å². The standard InChI is InChI=1S/C26H34N4O4/c1-19(20-5-3-2-4-6-20)13-24(31)28-10-8-26(33,9-11-28)17-30-18-27-23(14-25(30)32)29-15-21-7-12-34-22(21)16-29/h2-6,14,18-19,21-22,33H,7-13,15-17H2,1H3/t19-,21?,22?/m1/s1. The molecule has 3 fully saturated rings. The largest absolute Gasteiger partial charge is 0.388 e. The normalized spacial score (nSPS) is 24.8. The lowest BCUT2D eigenvalue weighted by molar-refractivity contribution is -0.136. The van der Waals surface area contributed by atoms with Crippen molar-refractivity contribution in [3.05, 3.63) is 58.6 Å². The molecule has 182 valence electrons. The average Bonchev–Trinajstić information content (AvgIpc) is 3.44. The van der Waals surface area contributed by atoms with Gasteiger partial charge in [-0.15, -0.1) is 0 Å². The number of nitrogens with zero attached hydrogens (tertiary/aromatic N) is 4. The number of hydrogen-bond acceptors (Lipinski definition) is 6. The molecule has 2 unspecified atom stereocenters. The molecule has 0 aliphatic carbocycles. The summed E-state index contributed by atoms with van der Waals surface area (Å²) in [6.07, 6.45) is 4.20. The molecule has 34 heavy (non-hydrogen) atoms. The fraction of sp³-hybridized carbons (Fsp3) is 0.577. The maximum atomic E-state index is 12.8. The summed E-state index contributed by atoms with van der Waals surface area (Å²) < 4.78 is 7.24. The van der Waals surface area contributed by atoms with Crippen LogP contribution < -0.4 is 10.5 Å². The van der Waals surface area contributed by atoms with Crippen molar-refractivity contribution in [3.63, 3.8) is 0 Å². The Bertz CT molecular complexity index is 1050. The van der Waals surface area contributed by atoms with Gasteiger partial charge in [-0.25, -0.2) is 4.98 Å². The average molecular weight is 467 g/mol. The van der Waals surface area contributed by atoms with Crippen molar-refractivity contribution < 1.29 is 14.6 Å². The summed E-state index contributed by atoms with van der Waals surface area (Å²) in [7, 11) is 0. The van der Waals surface area contributed by atoms with Crippen LogP contribution in [-0.2, 0) is 16.1 Å². The zero-order valence-electron chi connectivity index (χ0n) is 19.8. The predicted octanol–water partition coefficient (Wildman–Crippen LogP) is 2.02. The molecular weight excluding hydrogens is 432 g/mol. The molecule has 0 saturated carbocycles. The Morgan fingerprint density at radius 3 is 2.71 bits per heavy atom. The van der Waals surface area contributed by atoms with E-state index in [-0.39, 0.29) is 30.0 Å². The summed E-state index contributed by atoms with van der Waals surface area (Å²) >= 11 is 0. The Labute approximate surface area is 200 Å². The minimum atomic E-state index is -1.02. The molecule has 3 saturated heterocycles. The van der Waals surface area contributed by atoms with Gasteiger partial charge in [0.2, 0.25) is 5.91 Å². The first kappa shape index (κ1) is 23.1. The van der Waals surface area contributed by atoms with Gasteiger partial charge in [0, 0.05) is 51.2 Å². The van der Waals surface area contributed by atoms with Crippen LogP contribution >= 0.6 is 0 Å². The van der Waals surface area contributed by atoms with E-state index in [0.29, 0.717) is 44.1 Å². The Kier molecular flexibility index (Phi) is 6.44. The molecule has 0 spiro atoms. The molecule has 3 aliphatic heterocycles. The second-order valence-corrected chi connectivity index (χ2v) is 10.2. The molecule has 5 rings (SSSR count). The highest BCUT2D eigenvalue weighted by molar-refractivity contribution is 5.77. The minimum Gasteiger partial charge on any atom is -0.388 e. The van der Waals surface area contributed by atoms with Gasteiger partial charge in [0.05, 0.1) is 24.6 Å². The Balaban J connectivity index is 1.15. The first-order chi connectivity index (χ1) is 16.4. The van der Waals surface area contributed by atoms with Crippen LogP contribution in [0.3, 0.4) is 0 Å². The Morgan fingerprint density at radius 1 is 1.24 bits per heavy atom. The molecule has 1 aromatic carbocycles. The van der Waals surface area contributed by atoms with Crippen LogP contribution in [0.4, 0.5) is 5.82 Å². The number of carbonyl (C=O) groups is 1. The molecule has 3 atom stereocenters. The highest BCUT2D eigenvalue weighted by Crippen LogP contribution is 2.31. The van der Waals surface area contributed by atoms with Crippen LogP contribution in [0.1, 0.15) is 44.1 Å². The van der Waals surface area contributed by atoms with Crippen molar-refractivity contribution in [1.82, 2.24) is 14.5 Å². The zero-order valence-corrected chi connectivity index (χ0v) is 19.8. The molecule has 8 heteroatoms. The number of rotatable bonds is 6. The monoisotopic (exact) mass is 466 g/mol. The molecule has 2 aromatic rings. The molecule has 0 bridgehead atoms. The second-order valence-electron chi connectivity index (χ2n) is 10.2. The third kappa shape index (κ3) is 4.88. The number of anilines is 1. The number of piperidine rings is 1. The van der Waals surface area contributed by atoms with Crippen LogP contribution in [0.15, 0.2) is 47.5 Å². The highest BCUT2D eigenvalue weighted by atomic mass is 16.5. The van der Waals surface area contributed by atoms with Gasteiger partial charge in [-0.3, -0.25) is 14.2 Å². The Hall–Kier alpha value is -2.71. The van der Waals surface area contributed by atoms with Gasteiger partial charge in [-0.1, -0.05) is 37.3 Å². The summed E-state index contributed by atoms with van der Waals surface area (Å²) in [6.45, 7) is 5.72. The number of carbonyl (C=O) groups excluding carboxylic acids is 1. The molecule has 1 amide bonds. The van der Waals surface area contributed by atoms with Crippen molar-refractivity contribution in [2.75, 3.05) is 37.7 Å². The summed E-state index contributed by atoms with van der Waals surface area (Å²) in [5, 5.41) is 11.1. The van der Waals surface area contributed by atoms with Gasteiger partial charge in [0.25, 0.3) is 5.56 Å².